The Morgan fingerprint density at radius 3 is 2.65 bits per heavy atom. The average molecular weight is 305 g/mol. The van der Waals surface area contributed by atoms with Gasteiger partial charge in [0.25, 0.3) is 0 Å². The highest BCUT2D eigenvalue weighted by molar-refractivity contribution is 7.99. The van der Waals surface area contributed by atoms with Gasteiger partial charge in [-0.2, -0.15) is 24.9 Å². The van der Waals surface area contributed by atoms with E-state index in [1.165, 1.54) is 6.42 Å². The van der Waals surface area contributed by atoms with Crippen molar-refractivity contribution in [2.45, 2.75) is 43.2 Å². The Balaban J connectivity index is 2.18. The summed E-state index contributed by atoms with van der Waals surface area (Å²) >= 11 is 1.74. The van der Waals surface area contributed by atoms with Crippen molar-refractivity contribution in [1.82, 2.24) is 4.98 Å². The Bertz CT molecular complexity index is 465. The number of anilines is 2. The zero-order valence-corrected chi connectivity index (χ0v) is 12.0. The molecule has 2 rings (SSSR count). The average Bonchev–Trinajstić information content (AvgIpc) is 2.37. The lowest BCUT2D eigenvalue weighted by Crippen LogP contribution is -2.34. The summed E-state index contributed by atoms with van der Waals surface area (Å²) in [6.07, 6.45) is 1.90. The van der Waals surface area contributed by atoms with Crippen molar-refractivity contribution in [1.29, 1.82) is 0 Å². The maximum atomic E-state index is 12.8. The molecular weight excluding hydrogens is 287 g/mol. The van der Waals surface area contributed by atoms with Gasteiger partial charge in [-0.3, -0.25) is 0 Å². The van der Waals surface area contributed by atoms with Crippen LogP contribution in [-0.4, -0.2) is 22.5 Å². The minimum atomic E-state index is -4.40. The second-order valence-electron chi connectivity index (χ2n) is 4.97. The van der Waals surface area contributed by atoms with Gasteiger partial charge in [0, 0.05) is 11.3 Å². The van der Waals surface area contributed by atoms with Gasteiger partial charge in [0.05, 0.1) is 5.56 Å². The van der Waals surface area contributed by atoms with Gasteiger partial charge in [0.2, 0.25) is 0 Å². The normalized spacial score (nSPS) is 23.6. The van der Waals surface area contributed by atoms with Gasteiger partial charge in [0.1, 0.15) is 11.6 Å². The first-order valence-electron chi connectivity index (χ1n) is 6.54. The van der Waals surface area contributed by atoms with Crippen LogP contribution in [0.1, 0.15) is 31.2 Å². The Hall–Kier alpha value is -1.11. The molecule has 1 heterocycles. The summed E-state index contributed by atoms with van der Waals surface area (Å²) < 4.78 is 38.3. The fraction of sp³-hybridized carbons (Fsp3) is 0.615. The standard InChI is InChI=1S/C13H18F3N3S/c1-20-10-5-3-2-4-9(10)18-12-7-8(13(14,15)16)6-11(17)19-12/h6-7,9-10H,2-5H2,1H3,(H3,17,18,19). The maximum absolute atomic E-state index is 12.8. The van der Waals surface area contributed by atoms with Gasteiger partial charge in [-0.05, 0) is 31.2 Å². The van der Waals surface area contributed by atoms with Crippen LogP contribution in [0.15, 0.2) is 12.1 Å². The minimum absolute atomic E-state index is 0.112. The van der Waals surface area contributed by atoms with E-state index < -0.39 is 11.7 Å². The highest BCUT2D eigenvalue weighted by atomic mass is 32.2. The highest BCUT2D eigenvalue weighted by Gasteiger charge is 2.32. The molecule has 0 saturated heterocycles. The van der Waals surface area contributed by atoms with Crippen LogP contribution in [0.3, 0.4) is 0 Å². The molecule has 0 amide bonds. The van der Waals surface area contributed by atoms with Crippen LogP contribution in [0, 0.1) is 0 Å². The zero-order valence-electron chi connectivity index (χ0n) is 11.2. The lowest BCUT2D eigenvalue weighted by atomic mass is 9.95. The lowest BCUT2D eigenvalue weighted by Gasteiger charge is -2.31. The van der Waals surface area contributed by atoms with Crippen LogP contribution in [-0.2, 0) is 6.18 Å². The molecule has 7 heteroatoms. The van der Waals surface area contributed by atoms with Crippen molar-refractivity contribution in [3.8, 4) is 0 Å². The van der Waals surface area contributed by atoms with Crippen LogP contribution in [0.4, 0.5) is 24.8 Å². The van der Waals surface area contributed by atoms with Crippen molar-refractivity contribution in [3.05, 3.63) is 17.7 Å². The molecule has 1 aromatic rings. The summed E-state index contributed by atoms with van der Waals surface area (Å²) in [5, 5.41) is 3.53. The fourth-order valence-corrected chi connectivity index (χ4v) is 3.46. The van der Waals surface area contributed by atoms with Crippen LogP contribution < -0.4 is 11.1 Å². The van der Waals surface area contributed by atoms with Gasteiger partial charge < -0.3 is 11.1 Å². The van der Waals surface area contributed by atoms with Crippen molar-refractivity contribution in [2.24, 2.45) is 0 Å². The number of halogens is 3. The number of nitrogens with two attached hydrogens (primary N) is 1. The Labute approximate surface area is 120 Å². The van der Waals surface area contributed by atoms with E-state index in [0.29, 0.717) is 5.25 Å². The molecule has 3 N–H and O–H groups in total. The second kappa shape index (κ2) is 6.11. The van der Waals surface area contributed by atoms with Gasteiger partial charge in [-0.25, -0.2) is 4.98 Å². The van der Waals surface area contributed by atoms with E-state index in [9.17, 15) is 13.2 Å². The molecule has 1 aliphatic carbocycles. The summed E-state index contributed by atoms with van der Waals surface area (Å²) in [4.78, 5) is 3.97. The van der Waals surface area contributed by atoms with Gasteiger partial charge in [0.15, 0.2) is 0 Å². The predicted molar refractivity (Wildman–Crippen MR) is 76.8 cm³/mol. The Morgan fingerprint density at radius 2 is 2.00 bits per heavy atom. The Kier molecular flexibility index (Phi) is 4.67. The number of hydrogen-bond acceptors (Lipinski definition) is 4. The topological polar surface area (TPSA) is 50.9 Å². The van der Waals surface area contributed by atoms with Gasteiger partial charge >= 0.3 is 6.18 Å². The number of aromatic nitrogens is 1. The third-order valence-electron chi connectivity index (χ3n) is 3.51. The third-order valence-corrected chi connectivity index (χ3v) is 4.68. The molecule has 0 radical (unpaired) electrons. The summed E-state index contributed by atoms with van der Waals surface area (Å²) in [5.74, 6) is 0.0992. The minimum Gasteiger partial charge on any atom is -0.384 e. The summed E-state index contributed by atoms with van der Waals surface area (Å²) in [5.41, 5.74) is 4.71. The monoisotopic (exact) mass is 305 g/mol. The van der Waals surface area contributed by atoms with Crippen LogP contribution in [0.5, 0.6) is 0 Å². The lowest BCUT2D eigenvalue weighted by molar-refractivity contribution is -0.137. The summed E-state index contributed by atoms with van der Waals surface area (Å²) in [6.45, 7) is 0. The molecule has 0 bridgehead atoms. The van der Waals surface area contributed by atoms with E-state index in [2.05, 4.69) is 10.3 Å². The van der Waals surface area contributed by atoms with Crippen molar-refractivity contribution in [3.63, 3.8) is 0 Å². The van der Waals surface area contributed by atoms with Crippen molar-refractivity contribution in [2.75, 3.05) is 17.3 Å². The molecule has 0 aliphatic heterocycles. The van der Waals surface area contributed by atoms with E-state index in [0.717, 1.165) is 31.4 Å². The molecule has 2 unspecified atom stereocenters. The molecule has 0 spiro atoms. The van der Waals surface area contributed by atoms with E-state index in [1.807, 2.05) is 6.26 Å². The molecule has 112 valence electrons. The molecule has 3 nitrogen and oxygen atoms in total. The number of nitrogens with one attached hydrogen (secondary N) is 1. The van der Waals surface area contributed by atoms with Gasteiger partial charge in [-0.1, -0.05) is 12.8 Å². The number of nitrogen functional groups attached to an aromatic ring is 1. The van der Waals surface area contributed by atoms with Crippen molar-refractivity contribution >= 4 is 23.4 Å². The predicted octanol–water partition coefficient (Wildman–Crippen LogP) is 3.77. The second-order valence-corrected chi connectivity index (χ2v) is 6.05. The van der Waals surface area contributed by atoms with E-state index in [-0.39, 0.29) is 17.7 Å². The molecule has 0 aromatic carbocycles. The summed E-state index contributed by atoms with van der Waals surface area (Å²) in [7, 11) is 0. The zero-order chi connectivity index (χ0) is 14.8. The number of pyridine rings is 1. The maximum Gasteiger partial charge on any atom is 0.416 e. The van der Waals surface area contributed by atoms with E-state index >= 15 is 0 Å². The van der Waals surface area contributed by atoms with E-state index in [1.54, 1.807) is 11.8 Å². The number of rotatable bonds is 3. The number of alkyl halides is 3. The Morgan fingerprint density at radius 1 is 1.30 bits per heavy atom. The molecule has 1 saturated carbocycles. The number of thioether (sulfide) groups is 1. The van der Waals surface area contributed by atoms with Crippen LogP contribution in [0.2, 0.25) is 0 Å². The third kappa shape index (κ3) is 3.71. The molecule has 1 fully saturated rings. The van der Waals surface area contributed by atoms with Crippen LogP contribution >= 0.6 is 11.8 Å². The van der Waals surface area contributed by atoms with Gasteiger partial charge in [-0.15, -0.1) is 0 Å². The largest absolute Gasteiger partial charge is 0.416 e. The van der Waals surface area contributed by atoms with Crippen molar-refractivity contribution < 1.29 is 13.2 Å². The molecule has 1 aromatic heterocycles. The fourth-order valence-electron chi connectivity index (χ4n) is 2.52. The molecule has 1 aliphatic rings. The first-order chi connectivity index (χ1) is 9.40. The summed E-state index contributed by atoms with van der Waals surface area (Å²) in [6, 6.07) is 2.04. The highest BCUT2D eigenvalue weighted by Crippen LogP contribution is 2.33. The molecular formula is C13H18F3N3S. The molecule has 2 atom stereocenters. The van der Waals surface area contributed by atoms with Crippen LogP contribution in [0.25, 0.3) is 0 Å². The number of hydrogen-bond donors (Lipinski definition) is 2. The quantitative estimate of drug-likeness (QED) is 0.892. The first-order valence-corrected chi connectivity index (χ1v) is 7.83. The molecule has 20 heavy (non-hydrogen) atoms. The first kappa shape index (κ1) is 15.3. The smallest absolute Gasteiger partial charge is 0.384 e. The number of nitrogens with zero attached hydrogens (tertiary/aromatic N) is 1. The SMILES string of the molecule is CSC1CCCCC1Nc1cc(C(F)(F)F)cc(N)n1. The van der Waals surface area contributed by atoms with E-state index in [4.69, 9.17) is 5.73 Å².